The molecule has 1 aromatic rings. The number of hydrogen-bond donors (Lipinski definition) is 1. The summed E-state index contributed by atoms with van der Waals surface area (Å²) < 4.78 is 5.38. The highest BCUT2D eigenvalue weighted by molar-refractivity contribution is 8.23. The van der Waals surface area contributed by atoms with Gasteiger partial charge in [-0.25, -0.2) is 4.79 Å². The van der Waals surface area contributed by atoms with E-state index in [4.69, 9.17) is 40.2 Å². The molecule has 1 aromatic carbocycles. The average molecular weight is 407 g/mol. The Morgan fingerprint density at radius 3 is 2.75 bits per heavy atom. The summed E-state index contributed by atoms with van der Waals surface area (Å²) in [5, 5.41) is 3.08. The molecular weight excluding hydrogens is 395 g/mol. The number of halogens is 2. The molecule has 6 nitrogen and oxygen atoms in total. The van der Waals surface area contributed by atoms with Crippen LogP contribution in [0.25, 0.3) is 0 Å². The van der Waals surface area contributed by atoms with Gasteiger partial charge in [-0.05, 0) is 18.2 Å². The highest BCUT2D eigenvalue weighted by Gasteiger charge is 2.26. The van der Waals surface area contributed by atoms with Gasteiger partial charge in [0.15, 0.2) is 6.61 Å². The lowest BCUT2D eigenvalue weighted by Gasteiger charge is -2.15. The predicted octanol–water partition coefficient (Wildman–Crippen LogP) is 2.13. The van der Waals surface area contributed by atoms with Crippen LogP contribution >= 0.6 is 47.2 Å². The lowest BCUT2D eigenvalue weighted by Crippen LogP contribution is -2.38. The van der Waals surface area contributed by atoms with E-state index in [1.807, 2.05) is 0 Å². The maximum Gasteiger partial charge on any atom is 0.340 e. The van der Waals surface area contributed by atoms with E-state index in [0.29, 0.717) is 15.1 Å². The standard InChI is InChI=1S/C14H12Cl2N2O4S2/c15-8-1-2-9(10(16)5-8)13(21)22-6-11(19)17-3-4-18-12(20)7-24-14(18)23/h1-2,5H,3-4,6-7H2,(H,17,19). The van der Waals surface area contributed by atoms with Gasteiger partial charge in [-0.1, -0.05) is 47.2 Å². The highest BCUT2D eigenvalue weighted by atomic mass is 35.5. The van der Waals surface area contributed by atoms with E-state index in [9.17, 15) is 14.4 Å². The molecule has 0 aliphatic carbocycles. The van der Waals surface area contributed by atoms with Gasteiger partial charge in [0.25, 0.3) is 5.91 Å². The quantitative estimate of drug-likeness (QED) is 0.575. The van der Waals surface area contributed by atoms with Crippen molar-refractivity contribution in [3.05, 3.63) is 33.8 Å². The first kappa shape index (κ1) is 19.0. The molecule has 0 radical (unpaired) electrons. The minimum atomic E-state index is -0.723. The fourth-order valence-corrected chi connectivity index (χ4v) is 3.43. The van der Waals surface area contributed by atoms with Crippen LogP contribution in [-0.4, -0.2) is 52.5 Å². The van der Waals surface area contributed by atoms with Crippen LogP contribution in [0, 0.1) is 0 Å². The number of benzene rings is 1. The van der Waals surface area contributed by atoms with Gasteiger partial charge in [-0.2, -0.15) is 0 Å². The molecule has 1 saturated heterocycles. The van der Waals surface area contributed by atoms with Crippen LogP contribution in [0.3, 0.4) is 0 Å². The van der Waals surface area contributed by atoms with E-state index < -0.39 is 18.5 Å². The van der Waals surface area contributed by atoms with Crippen LogP contribution in [0.4, 0.5) is 0 Å². The molecule has 24 heavy (non-hydrogen) atoms. The van der Waals surface area contributed by atoms with Gasteiger partial charge in [0.2, 0.25) is 5.91 Å². The average Bonchev–Trinajstić information content (AvgIpc) is 2.84. The van der Waals surface area contributed by atoms with Crippen molar-refractivity contribution in [1.29, 1.82) is 0 Å². The lowest BCUT2D eigenvalue weighted by molar-refractivity contribution is -0.126. The third-order valence-electron chi connectivity index (χ3n) is 2.98. The minimum Gasteiger partial charge on any atom is -0.452 e. The topological polar surface area (TPSA) is 75.7 Å². The number of hydrogen-bond acceptors (Lipinski definition) is 6. The smallest absolute Gasteiger partial charge is 0.340 e. The van der Waals surface area contributed by atoms with E-state index in [2.05, 4.69) is 5.32 Å². The van der Waals surface area contributed by atoms with Crippen molar-refractivity contribution in [2.24, 2.45) is 0 Å². The normalized spacial score (nSPS) is 14.0. The Hall–Kier alpha value is -1.35. The van der Waals surface area contributed by atoms with Gasteiger partial charge < -0.3 is 10.1 Å². The number of carbonyl (C=O) groups is 3. The van der Waals surface area contributed by atoms with E-state index in [1.165, 1.54) is 34.9 Å². The van der Waals surface area contributed by atoms with Crippen LogP contribution in [0.2, 0.25) is 10.0 Å². The first-order chi connectivity index (χ1) is 11.4. The number of ether oxygens (including phenoxy) is 1. The van der Waals surface area contributed by atoms with E-state index in [-0.39, 0.29) is 29.6 Å². The van der Waals surface area contributed by atoms with Crippen molar-refractivity contribution in [3.63, 3.8) is 0 Å². The molecule has 0 unspecified atom stereocenters. The third kappa shape index (κ3) is 5.07. The van der Waals surface area contributed by atoms with Crippen molar-refractivity contribution in [1.82, 2.24) is 10.2 Å². The summed E-state index contributed by atoms with van der Waals surface area (Å²) in [6, 6.07) is 4.33. The Balaban J connectivity index is 1.74. The number of amides is 2. The van der Waals surface area contributed by atoms with Gasteiger partial charge >= 0.3 is 5.97 Å². The Kier molecular flexibility index (Phi) is 6.85. The Bertz CT molecular complexity index is 683. The fourth-order valence-electron chi connectivity index (χ4n) is 1.82. The molecule has 1 heterocycles. The number of rotatable bonds is 6. The third-order valence-corrected chi connectivity index (χ3v) is 4.96. The zero-order valence-corrected chi connectivity index (χ0v) is 15.4. The molecule has 128 valence electrons. The number of carbonyl (C=O) groups excluding carboxylic acids is 3. The summed E-state index contributed by atoms with van der Waals surface area (Å²) in [4.78, 5) is 36.5. The van der Waals surface area contributed by atoms with Crippen LogP contribution in [0.5, 0.6) is 0 Å². The van der Waals surface area contributed by atoms with E-state index >= 15 is 0 Å². The molecule has 0 aromatic heterocycles. The minimum absolute atomic E-state index is 0.0805. The molecule has 0 saturated carbocycles. The van der Waals surface area contributed by atoms with E-state index in [0.717, 1.165) is 0 Å². The largest absolute Gasteiger partial charge is 0.452 e. The molecule has 2 amide bonds. The second kappa shape index (κ2) is 8.66. The second-order valence-corrected chi connectivity index (χ2v) is 7.10. The summed E-state index contributed by atoms with van der Waals surface area (Å²) >= 11 is 17.9. The van der Waals surface area contributed by atoms with Crippen molar-refractivity contribution in [3.8, 4) is 0 Å². The van der Waals surface area contributed by atoms with Crippen molar-refractivity contribution in [2.75, 3.05) is 25.4 Å². The molecule has 1 aliphatic rings. The molecule has 1 N–H and O–H groups in total. The van der Waals surface area contributed by atoms with Crippen LogP contribution in [0.1, 0.15) is 10.4 Å². The molecule has 0 atom stereocenters. The summed E-state index contributed by atoms with van der Waals surface area (Å²) in [5.41, 5.74) is 0.124. The van der Waals surface area contributed by atoms with Crippen LogP contribution in [0.15, 0.2) is 18.2 Å². The van der Waals surface area contributed by atoms with E-state index in [1.54, 1.807) is 0 Å². The Morgan fingerprint density at radius 1 is 1.38 bits per heavy atom. The maximum atomic E-state index is 11.8. The number of esters is 1. The van der Waals surface area contributed by atoms with Gasteiger partial charge in [0.1, 0.15) is 4.32 Å². The summed E-state index contributed by atoms with van der Waals surface area (Å²) in [6.45, 7) is 0.0445. The monoisotopic (exact) mass is 406 g/mol. The number of thiocarbonyl (C=S) groups is 1. The van der Waals surface area contributed by atoms with Crippen molar-refractivity contribution >= 4 is 69.3 Å². The number of nitrogens with zero attached hydrogens (tertiary/aromatic N) is 1. The fraction of sp³-hybridized carbons (Fsp3) is 0.286. The SMILES string of the molecule is O=C(COC(=O)c1ccc(Cl)cc1Cl)NCCN1C(=O)CSC1=S. The number of thioether (sulfide) groups is 1. The number of nitrogens with one attached hydrogen (secondary N) is 1. The first-order valence-corrected chi connectivity index (χ1v) is 8.89. The molecule has 2 rings (SSSR count). The molecule has 1 aliphatic heterocycles. The van der Waals surface area contributed by atoms with Crippen LogP contribution < -0.4 is 5.32 Å². The predicted molar refractivity (Wildman–Crippen MR) is 96.5 cm³/mol. The molecule has 0 spiro atoms. The zero-order valence-electron chi connectivity index (χ0n) is 12.2. The Morgan fingerprint density at radius 2 is 2.12 bits per heavy atom. The van der Waals surface area contributed by atoms with Crippen molar-refractivity contribution < 1.29 is 19.1 Å². The summed E-state index contributed by atoms with van der Waals surface area (Å²) in [7, 11) is 0. The maximum absolute atomic E-state index is 11.8. The molecule has 10 heteroatoms. The Labute approximate surface area is 157 Å². The van der Waals surface area contributed by atoms with Gasteiger partial charge in [-0.3, -0.25) is 14.5 Å². The van der Waals surface area contributed by atoms with Gasteiger partial charge in [0.05, 0.1) is 16.3 Å². The molecular formula is C14H12Cl2N2O4S2. The van der Waals surface area contributed by atoms with Crippen molar-refractivity contribution in [2.45, 2.75) is 0 Å². The molecule has 0 bridgehead atoms. The van der Waals surface area contributed by atoms with Gasteiger partial charge in [0, 0.05) is 18.1 Å². The van der Waals surface area contributed by atoms with Crippen LogP contribution in [-0.2, 0) is 14.3 Å². The first-order valence-electron chi connectivity index (χ1n) is 6.74. The highest BCUT2D eigenvalue weighted by Crippen LogP contribution is 2.21. The van der Waals surface area contributed by atoms with Gasteiger partial charge in [-0.15, -0.1) is 0 Å². The second-order valence-electron chi connectivity index (χ2n) is 4.65. The summed E-state index contributed by atoms with van der Waals surface area (Å²) in [6.07, 6.45) is 0. The lowest BCUT2D eigenvalue weighted by atomic mass is 10.2. The zero-order chi connectivity index (χ0) is 17.7. The molecule has 1 fully saturated rings. The summed E-state index contributed by atoms with van der Waals surface area (Å²) in [5.74, 6) is -0.965.